The van der Waals surface area contributed by atoms with E-state index in [4.69, 9.17) is 4.74 Å². The number of alkyl halides is 3. The first kappa shape index (κ1) is 17.2. The first-order valence-electron chi connectivity index (χ1n) is 6.34. The molecule has 116 valence electrons. The van der Waals surface area contributed by atoms with E-state index < -0.39 is 34.9 Å². The number of aliphatic hydroxyl groups excluding tert-OH is 1. The largest absolute Gasteiger partial charge is 0.462 e. The molecule has 0 saturated heterocycles. The lowest BCUT2D eigenvalue weighted by Gasteiger charge is -2.18. The van der Waals surface area contributed by atoms with Crippen LogP contribution in [0.25, 0.3) is 0 Å². The van der Waals surface area contributed by atoms with E-state index in [-0.39, 0.29) is 12.5 Å². The number of hydrogen-bond donors (Lipinski definition) is 1. The summed E-state index contributed by atoms with van der Waals surface area (Å²) in [5, 5.41) is 9.97. The predicted octanol–water partition coefficient (Wildman–Crippen LogP) is 3.49. The van der Waals surface area contributed by atoms with E-state index in [2.05, 4.69) is 6.58 Å². The van der Waals surface area contributed by atoms with Crippen molar-refractivity contribution in [3.8, 4) is 0 Å². The molecule has 1 aromatic rings. The molecule has 0 aliphatic heterocycles. The molecule has 1 atom stereocenters. The molecule has 6 heteroatoms. The van der Waals surface area contributed by atoms with Crippen LogP contribution in [-0.4, -0.2) is 17.7 Å². The third-order valence-electron chi connectivity index (χ3n) is 2.70. The van der Waals surface area contributed by atoms with Gasteiger partial charge in [-0.2, -0.15) is 13.2 Å². The minimum Gasteiger partial charge on any atom is -0.462 e. The summed E-state index contributed by atoms with van der Waals surface area (Å²) in [5.74, 6) is -0.838. The Kier molecular flexibility index (Phi) is 5.54. The van der Waals surface area contributed by atoms with Gasteiger partial charge in [-0.3, -0.25) is 0 Å². The monoisotopic (exact) mass is 302 g/mol. The van der Waals surface area contributed by atoms with Crippen molar-refractivity contribution in [2.45, 2.75) is 26.1 Å². The van der Waals surface area contributed by atoms with E-state index >= 15 is 0 Å². The van der Waals surface area contributed by atoms with Crippen molar-refractivity contribution in [1.29, 1.82) is 0 Å². The Bertz CT molecular complexity index is 521. The lowest BCUT2D eigenvalue weighted by atomic mass is 9.97. The number of benzene rings is 1. The molecule has 0 aliphatic carbocycles. The Morgan fingerprint density at radius 2 is 1.90 bits per heavy atom. The second kappa shape index (κ2) is 6.76. The maximum atomic E-state index is 12.9. The summed E-state index contributed by atoms with van der Waals surface area (Å²) in [7, 11) is 0. The summed E-state index contributed by atoms with van der Waals surface area (Å²) >= 11 is 0. The lowest BCUT2D eigenvalue weighted by Crippen LogP contribution is -2.19. The van der Waals surface area contributed by atoms with Gasteiger partial charge in [0, 0.05) is 0 Å². The number of carbonyl (C=O) groups excluding carboxylic acids is 1. The Morgan fingerprint density at radius 1 is 1.33 bits per heavy atom. The molecule has 1 aromatic carbocycles. The highest BCUT2D eigenvalue weighted by Gasteiger charge is 2.36. The van der Waals surface area contributed by atoms with Gasteiger partial charge in [-0.25, -0.2) is 4.79 Å². The Hall–Kier alpha value is -1.82. The summed E-state index contributed by atoms with van der Waals surface area (Å²) in [6, 6.07) is 4.50. The quantitative estimate of drug-likeness (QED) is 0.669. The van der Waals surface area contributed by atoms with E-state index in [1.54, 1.807) is 0 Å². The SMILES string of the molecule is C=C(C(=O)OCC(C)C)C(O)c1ccccc1C(F)(F)F. The van der Waals surface area contributed by atoms with E-state index in [1.807, 2.05) is 13.8 Å². The molecule has 0 aliphatic rings. The maximum Gasteiger partial charge on any atom is 0.416 e. The molecule has 0 heterocycles. The molecule has 0 radical (unpaired) electrons. The zero-order valence-corrected chi connectivity index (χ0v) is 11.8. The number of ether oxygens (including phenoxy) is 1. The fourth-order valence-corrected chi connectivity index (χ4v) is 1.63. The van der Waals surface area contributed by atoms with Crippen LogP contribution in [0.5, 0.6) is 0 Å². The van der Waals surface area contributed by atoms with Gasteiger partial charge in [0.25, 0.3) is 0 Å². The zero-order chi connectivity index (χ0) is 16.2. The topological polar surface area (TPSA) is 46.5 Å². The Balaban J connectivity index is 2.96. The number of halogens is 3. The van der Waals surface area contributed by atoms with Gasteiger partial charge in [0.1, 0.15) is 6.10 Å². The third kappa shape index (κ3) is 4.60. The van der Waals surface area contributed by atoms with Crippen molar-refractivity contribution in [1.82, 2.24) is 0 Å². The fourth-order valence-electron chi connectivity index (χ4n) is 1.63. The molecule has 1 rings (SSSR count). The van der Waals surface area contributed by atoms with Crippen molar-refractivity contribution in [2.24, 2.45) is 5.92 Å². The minimum atomic E-state index is -4.63. The van der Waals surface area contributed by atoms with Gasteiger partial charge in [-0.1, -0.05) is 38.6 Å². The average molecular weight is 302 g/mol. The van der Waals surface area contributed by atoms with Crippen LogP contribution in [0, 0.1) is 5.92 Å². The molecule has 1 unspecified atom stereocenters. The molecule has 0 amide bonds. The fraction of sp³-hybridized carbons (Fsp3) is 0.400. The molecule has 0 saturated carbocycles. The Labute approximate surface area is 121 Å². The van der Waals surface area contributed by atoms with Crippen molar-refractivity contribution in [3.05, 3.63) is 47.5 Å². The van der Waals surface area contributed by atoms with Gasteiger partial charge >= 0.3 is 12.1 Å². The van der Waals surface area contributed by atoms with Crippen LogP contribution >= 0.6 is 0 Å². The van der Waals surface area contributed by atoms with Crippen LogP contribution in [0.1, 0.15) is 31.1 Å². The van der Waals surface area contributed by atoms with Crippen molar-refractivity contribution < 1.29 is 27.8 Å². The second-order valence-corrected chi connectivity index (χ2v) is 5.01. The predicted molar refractivity (Wildman–Crippen MR) is 71.3 cm³/mol. The number of esters is 1. The van der Waals surface area contributed by atoms with Gasteiger partial charge in [-0.05, 0) is 17.5 Å². The molecule has 3 nitrogen and oxygen atoms in total. The molecule has 0 aromatic heterocycles. The first-order valence-corrected chi connectivity index (χ1v) is 6.34. The summed E-state index contributed by atoms with van der Waals surface area (Å²) in [4.78, 5) is 11.7. The summed E-state index contributed by atoms with van der Waals surface area (Å²) < 4.78 is 43.5. The van der Waals surface area contributed by atoms with Gasteiger partial charge in [-0.15, -0.1) is 0 Å². The molecule has 1 N–H and O–H groups in total. The smallest absolute Gasteiger partial charge is 0.416 e. The molecule has 0 fully saturated rings. The van der Waals surface area contributed by atoms with E-state index in [0.717, 1.165) is 12.1 Å². The van der Waals surface area contributed by atoms with Crippen LogP contribution in [0.3, 0.4) is 0 Å². The van der Waals surface area contributed by atoms with E-state index in [9.17, 15) is 23.1 Å². The van der Waals surface area contributed by atoms with Gasteiger partial charge in [0.15, 0.2) is 0 Å². The van der Waals surface area contributed by atoms with Crippen LogP contribution < -0.4 is 0 Å². The average Bonchev–Trinajstić information content (AvgIpc) is 2.42. The highest BCUT2D eigenvalue weighted by Crippen LogP contribution is 2.36. The summed E-state index contributed by atoms with van der Waals surface area (Å²) in [6.45, 7) is 7.06. The Morgan fingerprint density at radius 3 is 2.43 bits per heavy atom. The van der Waals surface area contributed by atoms with Crippen LogP contribution in [0.2, 0.25) is 0 Å². The summed E-state index contributed by atoms with van der Waals surface area (Å²) in [6.07, 6.45) is -6.39. The standard InChI is InChI=1S/C15H17F3O3/c1-9(2)8-21-14(20)10(3)13(19)11-6-4-5-7-12(11)15(16,17)18/h4-7,9,13,19H,3,8H2,1-2H3. The molecule has 0 spiro atoms. The zero-order valence-electron chi connectivity index (χ0n) is 11.8. The number of aliphatic hydroxyl groups is 1. The van der Waals surface area contributed by atoms with E-state index in [0.29, 0.717) is 0 Å². The van der Waals surface area contributed by atoms with Gasteiger partial charge in [0.05, 0.1) is 17.7 Å². The lowest BCUT2D eigenvalue weighted by molar-refractivity contribution is -0.143. The van der Waals surface area contributed by atoms with Crippen molar-refractivity contribution in [3.63, 3.8) is 0 Å². The molecule has 21 heavy (non-hydrogen) atoms. The van der Waals surface area contributed by atoms with Crippen molar-refractivity contribution in [2.75, 3.05) is 6.61 Å². The summed E-state index contributed by atoms with van der Waals surface area (Å²) in [5.41, 5.74) is -1.85. The highest BCUT2D eigenvalue weighted by molar-refractivity contribution is 5.89. The van der Waals surface area contributed by atoms with Crippen molar-refractivity contribution >= 4 is 5.97 Å². The first-order chi connectivity index (χ1) is 9.64. The molecular weight excluding hydrogens is 285 g/mol. The maximum absolute atomic E-state index is 12.9. The number of hydrogen-bond acceptors (Lipinski definition) is 3. The third-order valence-corrected chi connectivity index (χ3v) is 2.70. The minimum absolute atomic E-state index is 0.0707. The normalized spacial score (nSPS) is 13.1. The number of rotatable bonds is 5. The number of carbonyl (C=O) groups is 1. The van der Waals surface area contributed by atoms with Crippen LogP contribution in [-0.2, 0) is 15.7 Å². The van der Waals surface area contributed by atoms with Crippen LogP contribution in [0.15, 0.2) is 36.4 Å². The van der Waals surface area contributed by atoms with Crippen LogP contribution in [0.4, 0.5) is 13.2 Å². The molecular formula is C15H17F3O3. The van der Waals surface area contributed by atoms with Gasteiger partial charge in [0.2, 0.25) is 0 Å². The molecule has 0 bridgehead atoms. The van der Waals surface area contributed by atoms with E-state index in [1.165, 1.54) is 12.1 Å². The van der Waals surface area contributed by atoms with Gasteiger partial charge < -0.3 is 9.84 Å². The highest BCUT2D eigenvalue weighted by atomic mass is 19.4. The second-order valence-electron chi connectivity index (χ2n) is 5.01.